The first-order valence-corrected chi connectivity index (χ1v) is 17.2. The highest BCUT2D eigenvalue weighted by atomic mass is 16.5. The normalized spacial score (nSPS) is 17.3. The Balaban J connectivity index is 1.34. The summed E-state index contributed by atoms with van der Waals surface area (Å²) in [6, 6.07) is 16.8. The number of fused-ring (bicyclic) bond motifs is 1. The lowest BCUT2D eigenvalue weighted by Gasteiger charge is -2.41. The van der Waals surface area contributed by atoms with Gasteiger partial charge in [-0.15, -0.1) is 0 Å². The van der Waals surface area contributed by atoms with E-state index in [-0.39, 0.29) is 5.41 Å². The van der Waals surface area contributed by atoms with Crippen LogP contribution in [0.15, 0.2) is 52.9 Å². The highest BCUT2D eigenvalue weighted by Gasteiger charge is 2.36. The molecule has 0 aliphatic carbocycles. The van der Waals surface area contributed by atoms with Crippen molar-refractivity contribution in [2.75, 3.05) is 24.5 Å². The van der Waals surface area contributed by atoms with Crippen molar-refractivity contribution < 1.29 is 19.1 Å². The lowest BCUT2D eigenvalue weighted by atomic mass is 9.81. The third-order valence-electron chi connectivity index (χ3n) is 9.84. The van der Waals surface area contributed by atoms with Crippen LogP contribution in [0.5, 0.6) is 0 Å². The summed E-state index contributed by atoms with van der Waals surface area (Å²) >= 11 is 0. The predicted octanol–water partition coefficient (Wildman–Crippen LogP) is 8.45. The fourth-order valence-corrected chi connectivity index (χ4v) is 7.15. The minimum absolute atomic E-state index is 0.243. The first-order valence-electron chi connectivity index (χ1n) is 17.2. The van der Waals surface area contributed by atoms with Crippen LogP contribution in [0.3, 0.4) is 0 Å². The maximum Gasteiger partial charge on any atom is 0.337 e. The zero-order chi connectivity index (χ0) is 34.4. The van der Waals surface area contributed by atoms with Gasteiger partial charge in [0.05, 0.1) is 17.0 Å². The summed E-state index contributed by atoms with van der Waals surface area (Å²) in [4.78, 5) is 27.5. The zero-order valence-electron chi connectivity index (χ0n) is 29.8. The van der Waals surface area contributed by atoms with Crippen molar-refractivity contribution in [3.8, 4) is 22.6 Å². The molecule has 0 amide bonds. The number of oxazole rings is 1. The van der Waals surface area contributed by atoms with Gasteiger partial charge in [-0.1, -0.05) is 50.2 Å². The third kappa shape index (κ3) is 7.20. The summed E-state index contributed by atoms with van der Waals surface area (Å²) in [5.41, 5.74) is 9.50. The van der Waals surface area contributed by atoms with E-state index in [1.807, 2.05) is 65.0 Å². The number of ether oxygens (including phenoxy) is 1. The number of benzene rings is 2. The van der Waals surface area contributed by atoms with Crippen molar-refractivity contribution in [3.05, 3.63) is 88.1 Å². The molecule has 0 bridgehead atoms. The van der Waals surface area contributed by atoms with Gasteiger partial charge in [-0.2, -0.15) is 0 Å². The van der Waals surface area contributed by atoms with Crippen molar-refractivity contribution >= 4 is 11.7 Å². The van der Waals surface area contributed by atoms with Crippen LogP contribution < -0.4 is 4.90 Å². The van der Waals surface area contributed by atoms with Crippen molar-refractivity contribution in [2.45, 2.75) is 99.4 Å². The number of pyridine rings is 1. The summed E-state index contributed by atoms with van der Waals surface area (Å²) < 4.78 is 12.3. The van der Waals surface area contributed by atoms with Crippen LogP contribution in [0.1, 0.15) is 93.1 Å². The Labute approximate surface area is 285 Å². The largest absolute Gasteiger partial charge is 0.479 e. The number of aryl methyl sites for hydroxylation is 3. The van der Waals surface area contributed by atoms with Gasteiger partial charge in [0.2, 0.25) is 5.89 Å². The summed E-state index contributed by atoms with van der Waals surface area (Å²) in [6.07, 6.45) is 1.84. The molecule has 254 valence electrons. The first-order chi connectivity index (χ1) is 22.7. The van der Waals surface area contributed by atoms with Crippen LogP contribution in [0.2, 0.25) is 0 Å². The molecule has 48 heavy (non-hydrogen) atoms. The number of anilines is 1. The number of hydrogen-bond acceptors (Lipinski definition) is 7. The van der Waals surface area contributed by atoms with Crippen molar-refractivity contribution in [1.29, 1.82) is 0 Å². The van der Waals surface area contributed by atoms with E-state index in [0.717, 1.165) is 91.5 Å². The minimum Gasteiger partial charge on any atom is -0.479 e. The highest BCUT2D eigenvalue weighted by Crippen LogP contribution is 2.45. The Kier molecular flexibility index (Phi) is 9.26. The predicted molar refractivity (Wildman–Crippen MR) is 190 cm³/mol. The molecule has 0 saturated carbocycles. The molecule has 1 unspecified atom stereocenters. The number of aromatic nitrogens is 2. The molecule has 0 spiro atoms. The number of piperidine rings is 1. The van der Waals surface area contributed by atoms with Gasteiger partial charge >= 0.3 is 5.97 Å². The maximum atomic E-state index is 12.9. The molecule has 1 fully saturated rings. The van der Waals surface area contributed by atoms with Gasteiger partial charge in [0, 0.05) is 60.8 Å². The highest BCUT2D eigenvalue weighted by molar-refractivity contribution is 5.88. The average molecular weight is 651 g/mol. The molecule has 4 aromatic rings. The molecule has 2 aromatic carbocycles. The molecule has 8 nitrogen and oxygen atoms in total. The van der Waals surface area contributed by atoms with E-state index in [1.54, 1.807) is 0 Å². The molecule has 4 heterocycles. The van der Waals surface area contributed by atoms with Gasteiger partial charge in [-0.05, 0) is 95.0 Å². The number of nitrogens with zero attached hydrogens (tertiary/aromatic N) is 4. The quantitative estimate of drug-likeness (QED) is 0.203. The molecule has 1 N–H and O–H groups in total. The second-order valence-electron chi connectivity index (χ2n) is 15.4. The number of carboxylic acid groups (broad SMARTS) is 1. The van der Waals surface area contributed by atoms with Crippen molar-refractivity contribution in [3.63, 3.8) is 0 Å². The number of aliphatic carboxylic acids is 1. The Morgan fingerprint density at radius 1 is 0.958 bits per heavy atom. The van der Waals surface area contributed by atoms with E-state index in [4.69, 9.17) is 19.1 Å². The first kappa shape index (κ1) is 33.9. The molecule has 8 heteroatoms. The molecular formula is C40H50N4O4. The summed E-state index contributed by atoms with van der Waals surface area (Å²) in [7, 11) is 0. The summed E-state index contributed by atoms with van der Waals surface area (Å²) in [6.45, 7) is 20.5. The molecule has 1 saturated heterocycles. The zero-order valence-corrected chi connectivity index (χ0v) is 29.8. The van der Waals surface area contributed by atoms with Crippen LogP contribution in [0.25, 0.3) is 22.6 Å². The Hall–Kier alpha value is -4.01. The van der Waals surface area contributed by atoms with Gasteiger partial charge in [0.15, 0.2) is 6.10 Å². The van der Waals surface area contributed by atoms with E-state index in [1.165, 1.54) is 11.1 Å². The van der Waals surface area contributed by atoms with Gasteiger partial charge in [0.25, 0.3) is 0 Å². The molecule has 1 atom stereocenters. The van der Waals surface area contributed by atoms with E-state index < -0.39 is 17.7 Å². The molecule has 2 aliphatic rings. The Bertz CT molecular complexity index is 1790. The van der Waals surface area contributed by atoms with Gasteiger partial charge in [-0.25, -0.2) is 9.78 Å². The number of rotatable bonds is 8. The number of carbonyl (C=O) groups is 1. The number of carboxylic acids is 1. The number of hydrogen-bond donors (Lipinski definition) is 1. The van der Waals surface area contributed by atoms with Crippen molar-refractivity contribution in [1.82, 2.24) is 14.9 Å². The van der Waals surface area contributed by atoms with Crippen molar-refractivity contribution in [2.24, 2.45) is 5.41 Å². The average Bonchev–Trinajstić information content (AvgIpc) is 3.39. The van der Waals surface area contributed by atoms with Crippen LogP contribution in [0, 0.1) is 26.2 Å². The Morgan fingerprint density at radius 3 is 2.33 bits per heavy atom. The topological polar surface area (TPSA) is 91.9 Å². The molecule has 6 rings (SSSR count). The SMILES string of the molecule is Cc1nc(C)c(C(OC(C)(C)C)C(=O)O)c(N2CCC(C)(C)CC2)c1-c1ccc2c(c1)CCN(Cc1nc(-c3ccccc3)oc1C)C2. The smallest absolute Gasteiger partial charge is 0.337 e. The van der Waals surface area contributed by atoms with Gasteiger partial charge in [0.1, 0.15) is 5.76 Å². The standard InChI is InChI=1S/C40H50N4O4/c1-25-33(35(44-20-17-40(7,8)18-21-44)34(26(2)41-25)36(38(45)46)48-39(4,5)6)30-14-15-31-23-43(19-16-29(31)22-30)24-32-27(3)47-37(42-32)28-12-10-9-11-13-28/h9-15,22,36H,16-21,23-24H2,1-8H3,(H,45,46). The maximum absolute atomic E-state index is 12.9. The van der Waals surface area contributed by atoms with E-state index in [9.17, 15) is 9.90 Å². The van der Waals surface area contributed by atoms with Crippen LogP contribution in [-0.4, -0.2) is 51.2 Å². The van der Waals surface area contributed by atoms with E-state index >= 15 is 0 Å². The molecule has 2 aliphatic heterocycles. The van der Waals surface area contributed by atoms with Gasteiger partial charge in [-0.3, -0.25) is 9.88 Å². The molecule has 0 radical (unpaired) electrons. The van der Waals surface area contributed by atoms with Crippen LogP contribution >= 0.6 is 0 Å². The van der Waals surface area contributed by atoms with E-state index in [0.29, 0.717) is 17.1 Å². The fourth-order valence-electron chi connectivity index (χ4n) is 7.15. The minimum atomic E-state index is -1.13. The fraction of sp³-hybridized carbons (Fsp3) is 0.475. The summed E-state index contributed by atoms with van der Waals surface area (Å²) in [5, 5.41) is 10.5. The third-order valence-corrected chi connectivity index (χ3v) is 9.84. The monoisotopic (exact) mass is 650 g/mol. The van der Waals surface area contributed by atoms with Gasteiger partial charge < -0.3 is 19.2 Å². The Morgan fingerprint density at radius 2 is 1.67 bits per heavy atom. The molecular weight excluding hydrogens is 600 g/mol. The van der Waals surface area contributed by atoms with Crippen LogP contribution in [0.4, 0.5) is 5.69 Å². The van der Waals surface area contributed by atoms with E-state index in [2.05, 4.69) is 48.8 Å². The summed E-state index contributed by atoms with van der Waals surface area (Å²) in [5.74, 6) is 0.529. The van der Waals surface area contributed by atoms with Crippen LogP contribution in [-0.2, 0) is 29.0 Å². The second-order valence-corrected chi connectivity index (χ2v) is 15.4. The molecule has 2 aromatic heterocycles. The second kappa shape index (κ2) is 13.1. The lowest BCUT2D eigenvalue weighted by Crippen LogP contribution is -2.39. The lowest BCUT2D eigenvalue weighted by molar-refractivity contribution is -0.160.